The monoisotopic (exact) mass is 349 g/mol. The minimum Gasteiger partial charge on any atom is -0.383 e. The van der Waals surface area contributed by atoms with Gasteiger partial charge >= 0.3 is 0 Å². The molecule has 0 aliphatic rings. The Morgan fingerprint density at radius 1 is 1.12 bits per heavy atom. The van der Waals surface area contributed by atoms with Gasteiger partial charge in [-0.25, -0.2) is 13.4 Å². The van der Waals surface area contributed by atoms with E-state index >= 15 is 0 Å². The normalized spacial score (nSPS) is 11.5. The molecule has 1 aromatic carbocycles. The van der Waals surface area contributed by atoms with E-state index in [4.69, 9.17) is 4.74 Å². The second-order valence-corrected chi connectivity index (χ2v) is 7.36. The minimum absolute atomic E-state index is 0.219. The number of aromatic nitrogens is 1. The van der Waals surface area contributed by atoms with Gasteiger partial charge in [0, 0.05) is 13.7 Å². The number of rotatable bonds is 8. The minimum atomic E-state index is -3.64. The Kier molecular flexibility index (Phi) is 6.16. The summed E-state index contributed by atoms with van der Waals surface area (Å²) < 4.78 is 32.2. The number of nitrogens with one attached hydrogen (secondary N) is 2. The molecule has 0 aliphatic heterocycles. The number of benzene rings is 1. The second kappa shape index (κ2) is 8.12. The predicted molar refractivity (Wildman–Crippen MR) is 95.9 cm³/mol. The number of hydrogen-bond acceptors (Lipinski definition) is 5. The lowest BCUT2D eigenvalue weighted by molar-refractivity contribution is 0.211. The maximum atomic E-state index is 12.4. The molecule has 24 heavy (non-hydrogen) atoms. The molecule has 6 nitrogen and oxygen atoms in total. The molecule has 2 rings (SSSR count). The first-order chi connectivity index (χ1) is 11.4. The van der Waals surface area contributed by atoms with Crippen molar-refractivity contribution in [2.75, 3.05) is 30.3 Å². The quantitative estimate of drug-likeness (QED) is 0.716. The van der Waals surface area contributed by atoms with Crippen molar-refractivity contribution in [1.29, 1.82) is 0 Å². The van der Waals surface area contributed by atoms with E-state index in [-0.39, 0.29) is 10.7 Å². The fraction of sp³-hybridized carbons (Fsp3) is 0.353. The summed E-state index contributed by atoms with van der Waals surface area (Å²) >= 11 is 0. The third kappa shape index (κ3) is 4.94. The summed E-state index contributed by atoms with van der Waals surface area (Å²) in [4.78, 5) is 4.34. The Morgan fingerprint density at radius 2 is 1.83 bits per heavy atom. The lowest BCUT2D eigenvalue weighted by Gasteiger charge is -2.10. The van der Waals surface area contributed by atoms with Gasteiger partial charge in [-0.1, -0.05) is 26.0 Å². The van der Waals surface area contributed by atoms with Gasteiger partial charge in [-0.2, -0.15) is 0 Å². The zero-order valence-corrected chi connectivity index (χ0v) is 14.9. The van der Waals surface area contributed by atoms with Crippen LogP contribution in [0.4, 0.5) is 11.5 Å². The molecule has 130 valence electrons. The summed E-state index contributed by atoms with van der Waals surface area (Å²) in [6, 6.07) is 10.3. The molecule has 0 saturated carbocycles. The topological polar surface area (TPSA) is 80.3 Å². The third-order valence-electron chi connectivity index (χ3n) is 3.49. The lowest BCUT2D eigenvalue weighted by atomic mass is 10.0. The van der Waals surface area contributed by atoms with E-state index in [1.807, 2.05) is 12.1 Å². The molecule has 0 saturated heterocycles. The fourth-order valence-electron chi connectivity index (χ4n) is 2.08. The van der Waals surface area contributed by atoms with Gasteiger partial charge in [0.1, 0.15) is 5.82 Å². The summed E-state index contributed by atoms with van der Waals surface area (Å²) in [5, 5.41) is 3.12. The van der Waals surface area contributed by atoms with Crippen LogP contribution < -0.4 is 10.0 Å². The number of ether oxygens (including phenoxy) is 1. The van der Waals surface area contributed by atoms with E-state index in [1.54, 1.807) is 37.6 Å². The smallest absolute Gasteiger partial charge is 0.263 e. The molecule has 0 bridgehead atoms. The van der Waals surface area contributed by atoms with Crippen LogP contribution >= 0.6 is 0 Å². The van der Waals surface area contributed by atoms with Crippen LogP contribution in [0, 0.1) is 0 Å². The first kappa shape index (κ1) is 18.2. The fourth-order valence-corrected chi connectivity index (χ4v) is 3.09. The van der Waals surface area contributed by atoms with Crippen LogP contribution in [0.25, 0.3) is 0 Å². The molecule has 0 radical (unpaired) electrons. The van der Waals surface area contributed by atoms with E-state index in [9.17, 15) is 8.42 Å². The van der Waals surface area contributed by atoms with Crippen molar-refractivity contribution >= 4 is 21.5 Å². The van der Waals surface area contributed by atoms with Crippen LogP contribution in [0.5, 0.6) is 0 Å². The lowest BCUT2D eigenvalue weighted by Crippen LogP contribution is -2.14. The van der Waals surface area contributed by atoms with E-state index in [0.717, 1.165) is 11.3 Å². The first-order valence-corrected chi connectivity index (χ1v) is 9.22. The molecule has 0 spiro atoms. The van der Waals surface area contributed by atoms with Crippen LogP contribution in [0.15, 0.2) is 47.5 Å². The molecule has 0 aliphatic carbocycles. The van der Waals surface area contributed by atoms with Gasteiger partial charge in [0.25, 0.3) is 10.0 Å². The van der Waals surface area contributed by atoms with Crippen molar-refractivity contribution in [2.24, 2.45) is 0 Å². The highest BCUT2D eigenvalue weighted by Crippen LogP contribution is 2.19. The highest BCUT2D eigenvalue weighted by atomic mass is 32.2. The number of nitrogens with zero attached hydrogens (tertiary/aromatic N) is 1. The number of anilines is 2. The van der Waals surface area contributed by atoms with Crippen LogP contribution in [0.2, 0.25) is 0 Å². The maximum Gasteiger partial charge on any atom is 0.263 e. The molecule has 2 aromatic rings. The molecule has 0 fully saturated rings. The zero-order chi connectivity index (χ0) is 17.6. The largest absolute Gasteiger partial charge is 0.383 e. The van der Waals surface area contributed by atoms with Crippen LogP contribution in [-0.4, -0.2) is 33.7 Å². The molecule has 1 heterocycles. The van der Waals surface area contributed by atoms with Gasteiger partial charge in [0.2, 0.25) is 0 Å². The van der Waals surface area contributed by atoms with Gasteiger partial charge in [0.15, 0.2) is 0 Å². The van der Waals surface area contributed by atoms with E-state index in [1.165, 1.54) is 0 Å². The summed E-state index contributed by atoms with van der Waals surface area (Å²) in [5.74, 6) is 0.634. The van der Waals surface area contributed by atoms with Crippen molar-refractivity contribution in [1.82, 2.24) is 4.98 Å². The molecule has 0 unspecified atom stereocenters. The SMILES string of the molecule is COCCNc1ccc(NS(=O)(=O)c2ccc(C(C)C)cc2)nc1. The average Bonchev–Trinajstić information content (AvgIpc) is 2.56. The summed E-state index contributed by atoms with van der Waals surface area (Å²) in [6.07, 6.45) is 1.58. The Bertz CT molecular complexity index is 742. The Balaban J connectivity index is 2.05. The van der Waals surface area contributed by atoms with Crippen molar-refractivity contribution < 1.29 is 13.2 Å². The van der Waals surface area contributed by atoms with Crippen molar-refractivity contribution in [3.63, 3.8) is 0 Å². The van der Waals surface area contributed by atoms with Crippen LogP contribution in [0.3, 0.4) is 0 Å². The number of pyridine rings is 1. The molecule has 7 heteroatoms. The van der Waals surface area contributed by atoms with Gasteiger partial charge in [-0.05, 0) is 35.7 Å². The summed E-state index contributed by atoms with van der Waals surface area (Å²) in [7, 11) is -2.01. The molecule has 2 N–H and O–H groups in total. The molecule has 0 amide bonds. The van der Waals surface area contributed by atoms with E-state index in [2.05, 4.69) is 28.9 Å². The van der Waals surface area contributed by atoms with Crippen molar-refractivity contribution in [3.05, 3.63) is 48.2 Å². The van der Waals surface area contributed by atoms with Crippen LogP contribution in [0.1, 0.15) is 25.3 Å². The molecule has 0 atom stereocenters. The van der Waals surface area contributed by atoms with Gasteiger partial charge < -0.3 is 10.1 Å². The number of hydrogen-bond donors (Lipinski definition) is 2. The highest BCUT2D eigenvalue weighted by molar-refractivity contribution is 7.92. The van der Waals surface area contributed by atoms with Gasteiger partial charge in [0.05, 0.1) is 23.4 Å². The molecular formula is C17H23N3O3S. The average molecular weight is 349 g/mol. The molecular weight excluding hydrogens is 326 g/mol. The van der Waals surface area contributed by atoms with Crippen LogP contribution in [-0.2, 0) is 14.8 Å². The van der Waals surface area contributed by atoms with Gasteiger partial charge in [-0.15, -0.1) is 0 Å². The van der Waals surface area contributed by atoms with Crippen molar-refractivity contribution in [2.45, 2.75) is 24.7 Å². The second-order valence-electron chi connectivity index (χ2n) is 5.68. The Labute approximate surface area is 143 Å². The third-order valence-corrected chi connectivity index (χ3v) is 4.87. The number of methoxy groups -OCH3 is 1. The summed E-state index contributed by atoms with van der Waals surface area (Å²) in [5.41, 5.74) is 1.90. The number of sulfonamides is 1. The van der Waals surface area contributed by atoms with Gasteiger partial charge in [-0.3, -0.25) is 4.72 Å². The standard InChI is InChI=1S/C17H23N3O3S/c1-13(2)14-4-7-16(8-5-14)24(21,22)20-17-9-6-15(12-19-17)18-10-11-23-3/h4-9,12-13,18H,10-11H2,1-3H3,(H,19,20). The molecule has 1 aromatic heterocycles. The Morgan fingerprint density at radius 3 is 2.38 bits per heavy atom. The summed E-state index contributed by atoms with van der Waals surface area (Å²) in [6.45, 7) is 5.37. The highest BCUT2D eigenvalue weighted by Gasteiger charge is 2.15. The van der Waals surface area contributed by atoms with E-state index in [0.29, 0.717) is 19.1 Å². The van der Waals surface area contributed by atoms with E-state index < -0.39 is 10.0 Å². The first-order valence-electron chi connectivity index (χ1n) is 7.74. The van der Waals surface area contributed by atoms with Crippen molar-refractivity contribution in [3.8, 4) is 0 Å². The maximum absolute atomic E-state index is 12.4. The Hall–Kier alpha value is -2.12. The zero-order valence-electron chi connectivity index (χ0n) is 14.1. The predicted octanol–water partition coefficient (Wildman–Crippen LogP) is 3.06.